The monoisotopic (exact) mass is 366 g/mol. The van der Waals surface area contributed by atoms with E-state index >= 15 is 0 Å². The summed E-state index contributed by atoms with van der Waals surface area (Å²) in [5.41, 5.74) is 0. The van der Waals surface area contributed by atoms with E-state index in [0.717, 1.165) is 0 Å². The molecule has 0 aliphatic rings. The summed E-state index contributed by atoms with van der Waals surface area (Å²) >= 11 is 0. The van der Waals surface area contributed by atoms with Crippen LogP contribution in [0.1, 0.15) is 0 Å². The average Bonchev–Trinajstić information content (AvgIpc) is 2.24. The molecule has 0 aliphatic carbocycles. The predicted molar refractivity (Wildman–Crippen MR) is 38.9 cm³/mol. The van der Waals surface area contributed by atoms with Gasteiger partial charge in [0.25, 0.3) is 0 Å². The van der Waals surface area contributed by atoms with E-state index in [2.05, 4.69) is 0 Å². The molecule has 0 aliphatic heterocycles. The minimum absolute atomic E-state index is 1.66. The van der Waals surface area contributed by atoms with Crippen LogP contribution >= 0.6 is 0 Å². The zero-order valence-corrected chi connectivity index (χ0v) is 9.51. The number of ether oxygens (including phenoxy) is 2. The zero-order chi connectivity index (χ0) is 18.2. The average molecular weight is 366 g/mol. The first-order chi connectivity index (χ1) is 9.43. The van der Waals surface area contributed by atoms with Crippen molar-refractivity contribution in [2.75, 3.05) is 6.67 Å². The van der Waals surface area contributed by atoms with Gasteiger partial charge in [-0.05, 0) is 0 Å². The second kappa shape index (κ2) is 5.90. The Hall–Kier alpha value is -0.990. The van der Waals surface area contributed by atoms with Gasteiger partial charge in [-0.1, -0.05) is 0 Å². The fourth-order valence-electron chi connectivity index (χ4n) is 0.802. The van der Waals surface area contributed by atoms with Crippen LogP contribution in [0.4, 0.5) is 57.1 Å². The molecule has 0 amide bonds. The first kappa shape index (κ1) is 21.0. The highest BCUT2D eigenvalue weighted by atomic mass is 19.4. The zero-order valence-electron chi connectivity index (χ0n) is 9.51. The van der Waals surface area contributed by atoms with Crippen molar-refractivity contribution in [3.05, 3.63) is 0 Å². The van der Waals surface area contributed by atoms with Gasteiger partial charge in [-0.2, -0.15) is 52.7 Å². The smallest absolute Gasteiger partial charge is 0.270 e. The number of rotatable bonds is 7. The van der Waals surface area contributed by atoms with Crippen LogP contribution < -0.4 is 0 Å². The minimum Gasteiger partial charge on any atom is -0.270 e. The summed E-state index contributed by atoms with van der Waals surface area (Å²) in [6.45, 7) is -8.31. The lowest BCUT2D eigenvalue weighted by atomic mass is 10.2. The van der Waals surface area contributed by atoms with Crippen molar-refractivity contribution in [2.45, 2.75) is 36.8 Å². The second-order valence-corrected chi connectivity index (χ2v) is 3.45. The summed E-state index contributed by atoms with van der Waals surface area (Å²) in [5.74, 6) is -13.0. The van der Waals surface area contributed by atoms with Crippen molar-refractivity contribution in [2.24, 2.45) is 0 Å². The molecular formula is C7H3F13O2. The van der Waals surface area contributed by atoms with Gasteiger partial charge >= 0.3 is 36.8 Å². The lowest BCUT2D eigenvalue weighted by Crippen LogP contribution is -2.62. The minimum atomic E-state index is -7.10. The SMILES string of the molecule is FCC(F)(F)C(F)(F)OC(F)(F)C(F)(OC(F)F)C(F)(F)F. The van der Waals surface area contributed by atoms with Gasteiger partial charge in [0.15, 0.2) is 6.67 Å². The molecule has 2 nitrogen and oxygen atoms in total. The highest BCUT2D eigenvalue weighted by molar-refractivity contribution is 4.89. The van der Waals surface area contributed by atoms with Gasteiger partial charge in [-0.25, -0.2) is 9.13 Å². The maximum atomic E-state index is 13.0. The number of hydrogen-bond acceptors (Lipinski definition) is 2. The van der Waals surface area contributed by atoms with Crippen LogP contribution in [0.3, 0.4) is 0 Å². The molecule has 22 heavy (non-hydrogen) atoms. The molecule has 0 aromatic rings. The Labute approximate surface area is 111 Å². The van der Waals surface area contributed by atoms with E-state index in [-0.39, 0.29) is 0 Å². The highest BCUT2D eigenvalue weighted by Gasteiger charge is 2.79. The lowest BCUT2D eigenvalue weighted by molar-refractivity contribution is -0.527. The standard InChI is InChI=1S/C7H3F13O2/c8-1-3(11,12)6(17,18)22-7(19,20)4(13,5(14,15)16)21-2(9)10/h2H,1H2. The van der Waals surface area contributed by atoms with E-state index in [1.54, 1.807) is 4.74 Å². The number of halogens is 13. The molecule has 0 fully saturated rings. The Morgan fingerprint density at radius 1 is 0.727 bits per heavy atom. The van der Waals surface area contributed by atoms with Gasteiger partial charge in [0.1, 0.15) is 0 Å². The molecule has 0 N–H and O–H groups in total. The van der Waals surface area contributed by atoms with Crippen molar-refractivity contribution in [1.29, 1.82) is 0 Å². The number of hydrogen-bond donors (Lipinski definition) is 0. The molecule has 0 aromatic carbocycles. The van der Waals surface area contributed by atoms with Crippen LogP contribution in [-0.2, 0) is 9.47 Å². The molecular weight excluding hydrogens is 363 g/mol. The molecule has 134 valence electrons. The maximum absolute atomic E-state index is 13.0. The first-order valence-electron chi connectivity index (χ1n) is 4.55. The van der Waals surface area contributed by atoms with Crippen molar-refractivity contribution < 1.29 is 66.5 Å². The van der Waals surface area contributed by atoms with Gasteiger partial charge in [-0.15, -0.1) is 0 Å². The van der Waals surface area contributed by atoms with E-state index in [9.17, 15) is 57.1 Å². The third-order valence-corrected chi connectivity index (χ3v) is 1.84. The van der Waals surface area contributed by atoms with Gasteiger partial charge in [0.2, 0.25) is 0 Å². The molecule has 0 aromatic heterocycles. The van der Waals surface area contributed by atoms with E-state index < -0.39 is 43.5 Å². The Bertz CT molecular complexity index is 377. The Balaban J connectivity index is 5.75. The summed E-state index contributed by atoms with van der Waals surface area (Å²) in [5, 5.41) is 0. The van der Waals surface area contributed by atoms with E-state index in [1.807, 2.05) is 4.74 Å². The summed E-state index contributed by atoms with van der Waals surface area (Å²) in [7, 11) is 0. The molecule has 0 bridgehead atoms. The maximum Gasteiger partial charge on any atom is 0.458 e. The number of alkyl halides is 13. The molecule has 0 saturated heterocycles. The molecule has 1 unspecified atom stereocenters. The summed E-state index contributed by atoms with van der Waals surface area (Å²) in [6.07, 6.45) is -20.9. The summed E-state index contributed by atoms with van der Waals surface area (Å²) in [6, 6.07) is 0. The molecule has 15 heteroatoms. The fraction of sp³-hybridized carbons (Fsp3) is 1.00. The van der Waals surface area contributed by atoms with Crippen LogP contribution in [0.15, 0.2) is 0 Å². The molecule has 0 saturated carbocycles. The highest BCUT2D eigenvalue weighted by Crippen LogP contribution is 2.51. The third-order valence-electron chi connectivity index (χ3n) is 1.84. The summed E-state index contributed by atoms with van der Waals surface area (Å²) < 4.78 is 162. The van der Waals surface area contributed by atoms with Gasteiger partial charge in [0.05, 0.1) is 0 Å². The van der Waals surface area contributed by atoms with Crippen LogP contribution in [0.5, 0.6) is 0 Å². The molecule has 1 atom stereocenters. The van der Waals surface area contributed by atoms with Gasteiger partial charge < -0.3 is 0 Å². The quantitative estimate of drug-likeness (QED) is 0.627. The Kier molecular flexibility index (Phi) is 5.63. The van der Waals surface area contributed by atoms with Gasteiger partial charge in [0, 0.05) is 0 Å². The topological polar surface area (TPSA) is 18.5 Å². The van der Waals surface area contributed by atoms with Crippen LogP contribution in [0.2, 0.25) is 0 Å². The van der Waals surface area contributed by atoms with E-state index in [0.29, 0.717) is 0 Å². The molecule has 0 radical (unpaired) electrons. The molecule has 0 spiro atoms. The Morgan fingerprint density at radius 3 is 1.41 bits per heavy atom. The van der Waals surface area contributed by atoms with Crippen LogP contribution in [0.25, 0.3) is 0 Å². The Morgan fingerprint density at radius 2 is 1.14 bits per heavy atom. The normalized spacial score (nSPS) is 17.7. The van der Waals surface area contributed by atoms with Crippen molar-refractivity contribution in [1.82, 2.24) is 0 Å². The fourth-order valence-corrected chi connectivity index (χ4v) is 0.802. The third kappa shape index (κ3) is 3.85. The van der Waals surface area contributed by atoms with Crippen molar-refractivity contribution >= 4 is 0 Å². The largest absolute Gasteiger partial charge is 0.458 e. The van der Waals surface area contributed by atoms with Gasteiger partial charge in [-0.3, -0.25) is 4.74 Å². The van der Waals surface area contributed by atoms with Crippen LogP contribution in [-0.4, -0.2) is 43.5 Å². The van der Waals surface area contributed by atoms with E-state index in [4.69, 9.17) is 0 Å². The summed E-state index contributed by atoms with van der Waals surface area (Å²) in [4.78, 5) is 0. The van der Waals surface area contributed by atoms with Crippen molar-refractivity contribution in [3.63, 3.8) is 0 Å². The molecule has 0 heterocycles. The predicted octanol–water partition coefficient (Wildman–Crippen LogP) is 4.26. The van der Waals surface area contributed by atoms with Crippen LogP contribution in [0, 0.1) is 0 Å². The first-order valence-corrected chi connectivity index (χ1v) is 4.55. The lowest BCUT2D eigenvalue weighted by Gasteiger charge is -2.36. The second-order valence-electron chi connectivity index (χ2n) is 3.45. The van der Waals surface area contributed by atoms with Crippen molar-refractivity contribution in [3.8, 4) is 0 Å². The van der Waals surface area contributed by atoms with E-state index in [1.165, 1.54) is 0 Å². The molecule has 0 rings (SSSR count).